The van der Waals surface area contributed by atoms with Gasteiger partial charge in [0.15, 0.2) is 4.99 Å². The number of nitrogens with zero attached hydrogens (tertiary/aromatic N) is 2. The van der Waals surface area contributed by atoms with Crippen molar-refractivity contribution in [2.24, 2.45) is 0 Å². The largest absolute Gasteiger partial charge is 0.315 e. The Balaban J connectivity index is 1.86. The summed E-state index contributed by atoms with van der Waals surface area (Å²) in [6.07, 6.45) is 0. The van der Waals surface area contributed by atoms with Gasteiger partial charge in [-0.05, 0) is 17.0 Å². The van der Waals surface area contributed by atoms with Crippen molar-refractivity contribution in [1.29, 1.82) is 0 Å². The molecule has 3 aromatic carbocycles. The molecule has 118 valence electrons. The van der Waals surface area contributed by atoms with Crippen molar-refractivity contribution < 1.29 is 4.92 Å². The highest BCUT2D eigenvalue weighted by Gasteiger charge is 2.54. The zero-order chi connectivity index (χ0) is 16.7. The van der Waals surface area contributed by atoms with Crippen molar-refractivity contribution >= 4 is 33.7 Å². The first kappa shape index (κ1) is 14.8. The lowest BCUT2D eigenvalue weighted by atomic mass is 9.88. The molecule has 0 aliphatic carbocycles. The third-order valence-electron chi connectivity index (χ3n) is 4.46. The number of hydrogen-bond donors (Lipinski definition) is 0. The van der Waals surface area contributed by atoms with Gasteiger partial charge < -0.3 is 4.90 Å². The van der Waals surface area contributed by atoms with Gasteiger partial charge in [0.2, 0.25) is 0 Å². The average Bonchev–Trinajstić information content (AvgIpc) is 2.60. The van der Waals surface area contributed by atoms with Crippen LogP contribution in [0.4, 0.5) is 5.69 Å². The van der Waals surface area contributed by atoms with Crippen LogP contribution in [0.2, 0.25) is 0 Å². The molecule has 5 heteroatoms. The van der Waals surface area contributed by atoms with Crippen LogP contribution in [-0.2, 0) is 0 Å². The van der Waals surface area contributed by atoms with Gasteiger partial charge in [-0.1, -0.05) is 78.9 Å². The third-order valence-corrected chi connectivity index (χ3v) is 4.90. The number of anilines is 1. The van der Waals surface area contributed by atoms with Crippen LogP contribution in [0.5, 0.6) is 0 Å². The van der Waals surface area contributed by atoms with Gasteiger partial charge in [0, 0.05) is 10.3 Å². The van der Waals surface area contributed by atoms with Crippen molar-refractivity contribution in [2.75, 3.05) is 4.90 Å². The maximum Gasteiger partial charge on any atom is 0.287 e. The lowest BCUT2D eigenvalue weighted by Crippen LogP contribution is -2.61. The third kappa shape index (κ3) is 2.17. The molecule has 24 heavy (non-hydrogen) atoms. The highest BCUT2D eigenvalue weighted by molar-refractivity contribution is 7.80. The number of nitro groups is 1. The average molecular weight is 334 g/mol. The minimum atomic E-state index is -0.860. The second kappa shape index (κ2) is 5.69. The van der Waals surface area contributed by atoms with Gasteiger partial charge in [-0.15, -0.1) is 0 Å². The van der Waals surface area contributed by atoms with Gasteiger partial charge in [0.25, 0.3) is 6.04 Å². The first-order valence-electron chi connectivity index (χ1n) is 7.68. The molecule has 0 spiro atoms. The summed E-state index contributed by atoms with van der Waals surface area (Å²) in [7, 11) is 0. The molecular weight excluding hydrogens is 320 g/mol. The fourth-order valence-electron chi connectivity index (χ4n) is 3.35. The van der Waals surface area contributed by atoms with Crippen LogP contribution in [0, 0.1) is 10.1 Å². The molecule has 1 aliphatic heterocycles. The SMILES string of the molecule is O=[N+]([O-])[C@H]1C(=S)N(c2cccc3ccccc23)[C@H]1c1ccccc1. The highest BCUT2D eigenvalue weighted by Crippen LogP contribution is 2.43. The van der Waals surface area contributed by atoms with Crippen LogP contribution in [0.3, 0.4) is 0 Å². The molecule has 0 radical (unpaired) electrons. The molecule has 1 heterocycles. The van der Waals surface area contributed by atoms with E-state index in [4.69, 9.17) is 12.2 Å². The van der Waals surface area contributed by atoms with Crippen LogP contribution < -0.4 is 4.90 Å². The van der Waals surface area contributed by atoms with Gasteiger partial charge in [-0.25, -0.2) is 0 Å². The highest BCUT2D eigenvalue weighted by atomic mass is 32.1. The normalized spacial score (nSPS) is 20.0. The number of benzene rings is 3. The second-order valence-corrected chi connectivity index (χ2v) is 6.21. The molecular formula is C19H14N2O2S. The van der Waals surface area contributed by atoms with E-state index in [-0.39, 0.29) is 11.0 Å². The molecule has 3 aromatic rings. The molecule has 0 N–H and O–H groups in total. The Morgan fingerprint density at radius 1 is 0.917 bits per heavy atom. The topological polar surface area (TPSA) is 46.4 Å². The summed E-state index contributed by atoms with van der Waals surface area (Å²) in [6.45, 7) is 0. The summed E-state index contributed by atoms with van der Waals surface area (Å²) in [5.74, 6) is 0. The van der Waals surface area contributed by atoms with E-state index in [1.807, 2.05) is 77.7 Å². The van der Waals surface area contributed by atoms with Crippen molar-refractivity contribution in [1.82, 2.24) is 0 Å². The van der Waals surface area contributed by atoms with Crippen LogP contribution in [-0.4, -0.2) is 16.0 Å². The van der Waals surface area contributed by atoms with Crippen LogP contribution in [0.15, 0.2) is 72.8 Å². The number of hydrogen-bond acceptors (Lipinski definition) is 3. The van der Waals surface area contributed by atoms with Crippen molar-refractivity contribution in [3.63, 3.8) is 0 Å². The molecule has 0 aromatic heterocycles. The van der Waals surface area contributed by atoms with E-state index in [0.717, 1.165) is 22.0 Å². The Morgan fingerprint density at radius 2 is 1.58 bits per heavy atom. The number of thiocarbonyl (C=S) groups is 1. The smallest absolute Gasteiger partial charge is 0.287 e. The Labute approximate surface area is 144 Å². The van der Waals surface area contributed by atoms with E-state index in [0.29, 0.717) is 4.99 Å². The monoisotopic (exact) mass is 334 g/mol. The zero-order valence-electron chi connectivity index (χ0n) is 12.7. The predicted octanol–water partition coefficient (Wildman–Crippen LogP) is 4.37. The standard InChI is InChI=1S/C19H14N2O2S/c22-21(23)18-17(14-8-2-1-3-9-14)20(19(18)24)16-12-6-10-13-7-4-5-11-15(13)16/h1-12,17-18H/t17-,18+/m0/s1. The molecule has 1 aliphatic rings. The molecule has 1 saturated heterocycles. The lowest BCUT2D eigenvalue weighted by Gasteiger charge is -2.45. The molecule has 4 nitrogen and oxygen atoms in total. The maximum absolute atomic E-state index is 11.5. The molecule has 0 saturated carbocycles. The van der Waals surface area contributed by atoms with Crippen molar-refractivity contribution in [3.8, 4) is 0 Å². The number of rotatable bonds is 3. The van der Waals surface area contributed by atoms with Crippen LogP contribution >= 0.6 is 12.2 Å². The fourth-order valence-corrected chi connectivity index (χ4v) is 3.77. The van der Waals surface area contributed by atoms with Crippen LogP contribution in [0.1, 0.15) is 11.6 Å². The molecule has 2 atom stereocenters. The van der Waals surface area contributed by atoms with E-state index in [2.05, 4.69) is 0 Å². The predicted molar refractivity (Wildman–Crippen MR) is 99.0 cm³/mol. The van der Waals surface area contributed by atoms with Crippen LogP contribution in [0.25, 0.3) is 10.8 Å². The van der Waals surface area contributed by atoms with E-state index in [1.165, 1.54) is 0 Å². The molecule has 1 fully saturated rings. The van der Waals surface area contributed by atoms with Gasteiger partial charge in [-0.2, -0.15) is 0 Å². The summed E-state index contributed by atoms with van der Waals surface area (Å²) in [5, 5.41) is 13.6. The zero-order valence-corrected chi connectivity index (χ0v) is 13.5. The van der Waals surface area contributed by atoms with Gasteiger partial charge >= 0.3 is 0 Å². The summed E-state index contributed by atoms with van der Waals surface area (Å²) in [4.78, 5) is 13.5. The molecule has 0 unspecified atom stereocenters. The first-order valence-corrected chi connectivity index (χ1v) is 8.08. The minimum Gasteiger partial charge on any atom is -0.315 e. The first-order chi connectivity index (χ1) is 11.7. The number of fused-ring (bicyclic) bond motifs is 1. The van der Waals surface area contributed by atoms with Gasteiger partial charge in [0.1, 0.15) is 6.04 Å². The quantitative estimate of drug-likeness (QED) is 0.405. The second-order valence-electron chi connectivity index (χ2n) is 5.79. The molecule has 0 amide bonds. The Kier molecular flexibility index (Phi) is 3.50. The van der Waals surface area contributed by atoms with Gasteiger partial charge in [0.05, 0.1) is 5.69 Å². The van der Waals surface area contributed by atoms with Crippen molar-refractivity contribution in [2.45, 2.75) is 12.1 Å². The molecule has 0 bridgehead atoms. The summed E-state index contributed by atoms with van der Waals surface area (Å²) < 4.78 is 0. The summed E-state index contributed by atoms with van der Waals surface area (Å²) in [6, 6.07) is 22.3. The van der Waals surface area contributed by atoms with Gasteiger partial charge in [-0.3, -0.25) is 10.1 Å². The van der Waals surface area contributed by atoms with Crippen molar-refractivity contribution in [3.05, 3.63) is 88.5 Å². The summed E-state index contributed by atoms with van der Waals surface area (Å²) >= 11 is 5.41. The Bertz CT molecular complexity index is 937. The minimum absolute atomic E-state index is 0.276. The lowest BCUT2D eigenvalue weighted by molar-refractivity contribution is -0.512. The maximum atomic E-state index is 11.5. The summed E-state index contributed by atoms with van der Waals surface area (Å²) in [5.41, 5.74) is 1.82. The van der Waals surface area contributed by atoms with E-state index in [9.17, 15) is 10.1 Å². The Morgan fingerprint density at radius 3 is 2.33 bits per heavy atom. The van der Waals surface area contributed by atoms with E-state index < -0.39 is 6.04 Å². The Hall–Kier alpha value is -2.79. The van der Waals surface area contributed by atoms with E-state index in [1.54, 1.807) is 0 Å². The van der Waals surface area contributed by atoms with E-state index >= 15 is 0 Å². The fraction of sp³-hybridized carbons (Fsp3) is 0.105. The molecule has 4 rings (SSSR count).